The minimum Gasteiger partial charge on any atom is -0.331 e. The first kappa shape index (κ1) is 21.4. The predicted octanol–water partition coefficient (Wildman–Crippen LogP) is 2.81. The molecule has 0 unspecified atom stereocenters. The third-order valence-electron chi connectivity index (χ3n) is 4.32. The fraction of sp³-hybridized carbons (Fsp3) is 0.556. The van der Waals surface area contributed by atoms with E-state index in [-0.39, 0.29) is 48.5 Å². The molecule has 0 aliphatic carbocycles. The molecule has 0 spiro atoms. The van der Waals surface area contributed by atoms with Gasteiger partial charge in [-0.25, -0.2) is 4.39 Å². The van der Waals surface area contributed by atoms with Crippen molar-refractivity contribution in [2.75, 3.05) is 18.4 Å². The fourth-order valence-electron chi connectivity index (χ4n) is 2.99. The van der Waals surface area contributed by atoms with E-state index in [9.17, 15) is 14.0 Å². The summed E-state index contributed by atoms with van der Waals surface area (Å²) in [7, 11) is 0. The molecule has 0 saturated carbocycles. The van der Waals surface area contributed by atoms with Gasteiger partial charge in [0.05, 0.1) is 0 Å². The topological polar surface area (TPSA) is 61.4 Å². The van der Waals surface area contributed by atoms with E-state index in [0.717, 1.165) is 19.4 Å². The van der Waals surface area contributed by atoms with Crippen LogP contribution in [0.2, 0.25) is 0 Å². The van der Waals surface area contributed by atoms with Crippen molar-refractivity contribution < 1.29 is 14.0 Å². The number of anilines is 1. The van der Waals surface area contributed by atoms with Crippen LogP contribution < -0.4 is 10.6 Å². The van der Waals surface area contributed by atoms with E-state index >= 15 is 0 Å². The molecule has 0 bridgehead atoms. The van der Waals surface area contributed by atoms with Crippen molar-refractivity contribution in [2.45, 2.75) is 45.7 Å². The van der Waals surface area contributed by atoms with Gasteiger partial charge < -0.3 is 15.5 Å². The number of halogens is 2. The lowest BCUT2D eigenvalue weighted by atomic mass is 9.91. The largest absolute Gasteiger partial charge is 0.331 e. The highest BCUT2D eigenvalue weighted by Gasteiger charge is 2.30. The van der Waals surface area contributed by atoms with Crippen molar-refractivity contribution in [3.05, 3.63) is 30.1 Å². The van der Waals surface area contributed by atoms with Gasteiger partial charge in [-0.05, 0) is 64.4 Å². The molecule has 1 aromatic rings. The molecule has 1 aromatic carbocycles. The smallest absolute Gasteiger partial charge is 0.244 e. The van der Waals surface area contributed by atoms with E-state index in [1.54, 1.807) is 4.90 Å². The molecule has 1 aliphatic rings. The molecule has 1 heterocycles. The van der Waals surface area contributed by atoms with Crippen molar-refractivity contribution >= 4 is 29.9 Å². The Labute approximate surface area is 154 Å². The summed E-state index contributed by atoms with van der Waals surface area (Å²) in [5.74, 6) is -0.632. The van der Waals surface area contributed by atoms with Crippen LogP contribution in [0.15, 0.2) is 24.3 Å². The number of rotatable bonds is 5. The third kappa shape index (κ3) is 6.29. The molecule has 2 atom stereocenters. The molecule has 2 amide bonds. The lowest BCUT2D eigenvalue weighted by molar-refractivity contribution is -0.141. The van der Waals surface area contributed by atoms with Crippen LogP contribution in [-0.2, 0) is 9.59 Å². The standard InChI is InChI=1S/C18H26FN3O2.ClH/c1-12(2)22(18(24)14-8-9-20-13(3)10-14)11-17(23)21-16-6-4-15(19)5-7-16;/h4-7,12-14,20H,8-11H2,1-3H3,(H,21,23);1H/t13-,14-;/m0./s1. The number of piperidine rings is 1. The average Bonchev–Trinajstić information content (AvgIpc) is 2.54. The summed E-state index contributed by atoms with van der Waals surface area (Å²) in [5, 5.41) is 6.04. The zero-order chi connectivity index (χ0) is 17.7. The second-order valence-electron chi connectivity index (χ2n) is 6.69. The van der Waals surface area contributed by atoms with Crippen LogP contribution in [0.3, 0.4) is 0 Å². The Balaban J connectivity index is 0.00000312. The molecule has 0 radical (unpaired) electrons. The van der Waals surface area contributed by atoms with E-state index in [1.165, 1.54) is 24.3 Å². The summed E-state index contributed by atoms with van der Waals surface area (Å²) in [4.78, 5) is 26.7. The van der Waals surface area contributed by atoms with Gasteiger partial charge in [-0.2, -0.15) is 0 Å². The number of hydrogen-bond donors (Lipinski definition) is 2. The first-order chi connectivity index (χ1) is 11.4. The summed E-state index contributed by atoms with van der Waals surface area (Å²) in [5.41, 5.74) is 0.521. The minimum atomic E-state index is -0.355. The first-order valence-corrected chi connectivity index (χ1v) is 8.46. The monoisotopic (exact) mass is 371 g/mol. The molecule has 7 heteroatoms. The lowest BCUT2D eigenvalue weighted by Crippen LogP contribution is -2.48. The quantitative estimate of drug-likeness (QED) is 0.836. The number of carbonyl (C=O) groups is 2. The van der Waals surface area contributed by atoms with Gasteiger partial charge in [0.25, 0.3) is 0 Å². The van der Waals surface area contributed by atoms with E-state index in [2.05, 4.69) is 17.6 Å². The first-order valence-electron chi connectivity index (χ1n) is 8.46. The number of amides is 2. The molecule has 5 nitrogen and oxygen atoms in total. The van der Waals surface area contributed by atoms with Crippen LogP contribution in [0.5, 0.6) is 0 Å². The van der Waals surface area contributed by atoms with Crippen molar-refractivity contribution in [3.8, 4) is 0 Å². The maximum absolute atomic E-state index is 12.9. The van der Waals surface area contributed by atoms with Crippen molar-refractivity contribution in [1.29, 1.82) is 0 Å². The maximum Gasteiger partial charge on any atom is 0.244 e. The zero-order valence-corrected chi connectivity index (χ0v) is 15.7. The Hall–Kier alpha value is -1.66. The maximum atomic E-state index is 12.9. The average molecular weight is 372 g/mol. The zero-order valence-electron chi connectivity index (χ0n) is 14.9. The molecule has 1 aliphatic heterocycles. The highest BCUT2D eigenvalue weighted by molar-refractivity contribution is 5.94. The van der Waals surface area contributed by atoms with Gasteiger partial charge in [0.15, 0.2) is 0 Å². The van der Waals surface area contributed by atoms with Crippen LogP contribution in [0.1, 0.15) is 33.6 Å². The molecule has 140 valence electrons. The molecule has 1 fully saturated rings. The molecule has 1 saturated heterocycles. The lowest BCUT2D eigenvalue weighted by Gasteiger charge is -2.34. The van der Waals surface area contributed by atoms with Gasteiger partial charge in [0.1, 0.15) is 12.4 Å². The SMILES string of the molecule is CC(C)N(CC(=O)Nc1ccc(F)cc1)C(=O)[C@H]1CCN[C@@H](C)C1.Cl. The summed E-state index contributed by atoms with van der Waals surface area (Å²) < 4.78 is 12.9. The van der Waals surface area contributed by atoms with Gasteiger partial charge in [0.2, 0.25) is 11.8 Å². The number of nitrogens with one attached hydrogen (secondary N) is 2. The summed E-state index contributed by atoms with van der Waals surface area (Å²) in [6.45, 7) is 6.72. The van der Waals surface area contributed by atoms with Crippen molar-refractivity contribution in [3.63, 3.8) is 0 Å². The third-order valence-corrected chi connectivity index (χ3v) is 4.32. The van der Waals surface area contributed by atoms with E-state index in [0.29, 0.717) is 11.7 Å². The van der Waals surface area contributed by atoms with Gasteiger partial charge in [-0.15, -0.1) is 12.4 Å². The summed E-state index contributed by atoms with van der Waals surface area (Å²) in [6, 6.07) is 5.85. The van der Waals surface area contributed by atoms with Gasteiger partial charge in [0, 0.05) is 23.7 Å². The Bertz CT molecular complexity index is 580. The van der Waals surface area contributed by atoms with Gasteiger partial charge in [-0.3, -0.25) is 9.59 Å². The van der Waals surface area contributed by atoms with Gasteiger partial charge >= 0.3 is 0 Å². The molecule has 25 heavy (non-hydrogen) atoms. The Morgan fingerprint density at radius 1 is 1.32 bits per heavy atom. The predicted molar refractivity (Wildman–Crippen MR) is 99.3 cm³/mol. The van der Waals surface area contributed by atoms with E-state index in [4.69, 9.17) is 0 Å². The molecule has 2 rings (SSSR count). The number of benzene rings is 1. The second kappa shape index (κ2) is 9.73. The fourth-order valence-corrected chi connectivity index (χ4v) is 2.99. The number of hydrogen-bond acceptors (Lipinski definition) is 3. The summed E-state index contributed by atoms with van der Waals surface area (Å²) >= 11 is 0. The minimum absolute atomic E-state index is 0. The molecular formula is C18H27ClFN3O2. The number of carbonyl (C=O) groups excluding carboxylic acids is 2. The molecular weight excluding hydrogens is 345 g/mol. The Morgan fingerprint density at radius 2 is 1.96 bits per heavy atom. The normalized spacial score (nSPS) is 19.9. The van der Waals surface area contributed by atoms with Crippen LogP contribution in [0.25, 0.3) is 0 Å². The Kier molecular flexibility index (Phi) is 8.32. The van der Waals surface area contributed by atoms with Crippen molar-refractivity contribution in [2.24, 2.45) is 5.92 Å². The second-order valence-corrected chi connectivity index (χ2v) is 6.69. The number of nitrogens with zero attached hydrogens (tertiary/aromatic N) is 1. The van der Waals surface area contributed by atoms with Crippen LogP contribution in [0.4, 0.5) is 10.1 Å². The van der Waals surface area contributed by atoms with Crippen LogP contribution in [-0.4, -0.2) is 41.9 Å². The van der Waals surface area contributed by atoms with Gasteiger partial charge in [-0.1, -0.05) is 0 Å². The van der Waals surface area contributed by atoms with E-state index in [1.807, 2.05) is 13.8 Å². The van der Waals surface area contributed by atoms with E-state index < -0.39 is 0 Å². The highest BCUT2D eigenvalue weighted by atomic mass is 35.5. The molecule has 2 N–H and O–H groups in total. The van der Waals surface area contributed by atoms with Crippen molar-refractivity contribution in [1.82, 2.24) is 10.2 Å². The van der Waals surface area contributed by atoms with Crippen LogP contribution >= 0.6 is 12.4 Å². The highest BCUT2D eigenvalue weighted by Crippen LogP contribution is 2.20. The molecule has 0 aromatic heterocycles. The summed E-state index contributed by atoms with van der Waals surface area (Å²) in [6.07, 6.45) is 1.59. The van der Waals surface area contributed by atoms with Crippen LogP contribution in [0, 0.1) is 11.7 Å². The Morgan fingerprint density at radius 3 is 2.52 bits per heavy atom.